The van der Waals surface area contributed by atoms with Crippen LogP contribution in [0.25, 0.3) is 0 Å². The van der Waals surface area contributed by atoms with Crippen LogP contribution in [0.2, 0.25) is 0 Å². The number of fused-ring (bicyclic) bond motifs is 2. The lowest BCUT2D eigenvalue weighted by Crippen LogP contribution is -2.42. The van der Waals surface area contributed by atoms with Crippen molar-refractivity contribution in [3.63, 3.8) is 0 Å². The van der Waals surface area contributed by atoms with Crippen molar-refractivity contribution >= 4 is 17.5 Å². The Kier molecular flexibility index (Phi) is 5.32. The van der Waals surface area contributed by atoms with Crippen LogP contribution >= 0.6 is 0 Å². The first kappa shape index (κ1) is 19.9. The highest BCUT2D eigenvalue weighted by Gasteiger charge is 2.32. The van der Waals surface area contributed by atoms with E-state index >= 15 is 0 Å². The molecule has 1 amide bonds. The smallest absolute Gasteiger partial charge is 0.258 e. The van der Waals surface area contributed by atoms with E-state index in [2.05, 4.69) is 23.1 Å². The fourth-order valence-electron chi connectivity index (χ4n) is 4.44. The van der Waals surface area contributed by atoms with Crippen molar-refractivity contribution < 1.29 is 19.1 Å². The van der Waals surface area contributed by atoms with Gasteiger partial charge in [-0.2, -0.15) is 0 Å². The van der Waals surface area contributed by atoms with Gasteiger partial charge in [0.05, 0.1) is 25.2 Å². The van der Waals surface area contributed by atoms with E-state index in [1.165, 1.54) is 11.1 Å². The molecule has 0 aromatic heterocycles. The lowest BCUT2D eigenvalue weighted by Gasteiger charge is -2.29. The minimum atomic E-state index is -0.213. The number of hydrogen-bond acceptors (Lipinski definition) is 5. The quantitative estimate of drug-likeness (QED) is 0.675. The van der Waals surface area contributed by atoms with E-state index in [0.717, 1.165) is 32.4 Å². The number of nitrogens with zero attached hydrogens (tertiary/aromatic N) is 2. The predicted octanol–water partition coefficient (Wildman–Crippen LogP) is 2.74. The molecule has 5 rings (SSSR count). The number of hydrogen-bond donors (Lipinski definition) is 0. The maximum absolute atomic E-state index is 13.1. The monoisotopic (exact) mass is 418 g/mol. The van der Waals surface area contributed by atoms with E-state index < -0.39 is 0 Å². The molecule has 0 radical (unpaired) electrons. The van der Waals surface area contributed by atoms with Gasteiger partial charge in [0, 0.05) is 24.6 Å². The van der Waals surface area contributed by atoms with Gasteiger partial charge in [-0.05, 0) is 42.5 Å². The minimum Gasteiger partial charge on any atom is -0.491 e. The van der Waals surface area contributed by atoms with Crippen LogP contribution in [0.1, 0.15) is 44.7 Å². The molecule has 31 heavy (non-hydrogen) atoms. The summed E-state index contributed by atoms with van der Waals surface area (Å²) in [5.74, 6) is 0.500. The summed E-state index contributed by atoms with van der Waals surface area (Å²) in [5, 5.41) is 0. The molecular formula is C25H26N2O4. The number of carbonyl (C=O) groups is 3. The molecule has 6 nitrogen and oxygen atoms in total. The summed E-state index contributed by atoms with van der Waals surface area (Å²) in [4.78, 5) is 41.9. The molecule has 0 saturated heterocycles. The van der Waals surface area contributed by atoms with Gasteiger partial charge in [-0.25, -0.2) is 0 Å². The molecule has 0 unspecified atom stereocenters. The first-order chi connectivity index (χ1) is 15.1. The number of benzene rings is 2. The summed E-state index contributed by atoms with van der Waals surface area (Å²) in [5.41, 5.74) is 3.64. The molecule has 3 aliphatic rings. The molecule has 2 aromatic carbocycles. The summed E-state index contributed by atoms with van der Waals surface area (Å²) in [7, 11) is 0. The van der Waals surface area contributed by atoms with Crippen molar-refractivity contribution in [1.82, 2.24) is 9.80 Å². The van der Waals surface area contributed by atoms with E-state index in [1.807, 2.05) is 6.07 Å². The Hall–Kier alpha value is -2.99. The van der Waals surface area contributed by atoms with Crippen LogP contribution in [-0.4, -0.2) is 60.1 Å². The Bertz CT molecular complexity index is 1040. The number of ketones is 2. The fourth-order valence-corrected chi connectivity index (χ4v) is 4.44. The molecule has 6 heteroatoms. The molecule has 0 bridgehead atoms. The summed E-state index contributed by atoms with van der Waals surface area (Å²) in [6, 6.07) is 13.4. The molecule has 2 heterocycles. The molecule has 0 spiro atoms. The Labute approximate surface area is 181 Å². The van der Waals surface area contributed by atoms with Crippen molar-refractivity contribution in [3.8, 4) is 5.75 Å². The first-order valence-corrected chi connectivity index (χ1v) is 11.0. The van der Waals surface area contributed by atoms with Crippen molar-refractivity contribution in [2.24, 2.45) is 5.92 Å². The largest absolute Gasteiger partial charge is 0.491 e. The molecular weight excluding hydrogens is 392 g/mol. The van der Waals surface area contributed by atoms with Gasteiger partial charge >= 0.3 is 0 Å². The topological polar surface area (TPSA) is 66.9 Å². The highest BCUT2D eigenvalue weighted by molar-refractivity contribution is 6.03. The third-order valence-corrected chi connectivity index (χ3v) is 6.33. The van der Waals surface area contributed by atoms with E-state index in [4.69, 9.17) is 4.74 Å². The van der Waals surface area contributed by atoms with Crippen molar-refractivity contribution in [3.05, 3.63) is 64.7 Å². The van der Waals surface area contributed by atoms with Crippen LogP contribution in [0, 0.1) is 5.92 Å². The Morgan fingerprint density at radius 1 is 1.00 bits per heavy atom. The molecule has 2 aliphatic heterocycles. The third-order valence-electron chi connectivity index (χ3n) is 6.33. The van der Waals surface area contributed by atoms with Crippen LogP contribution in [0.15, 0.2) is 42.5 Å². The molecule has 160 valence electrons. The second kappa shape index (κ2) is 8.27. The molecule has 2 aromatic rings. The minimum absolute atomic E-state index is 0.0247. The van der Waals surface area contributed by atoms with Gasteiger partial charge in [-0.1, -0.05) is 30.3 Å². The zero-order chi connectivity index (χ0) is 21.4. The van der Waals surface area contributed by atoms with Gasteiger partial charge in [0.25, 0.3) is 5.91 Å². The van der Waals surface area contributed by atoms with Gasteiger partial charge in [-0.15, -0.1) is 0 Å². The highest BCUT2D eigenvalue weighted by Crippen LogP contribution is 2.34. The fraction of sp³-hybridized carbons (Fsp3) is 0.400. The Morgan fingerprint density at radius 3 is 2.61 bits per heavy atom. The summed E-state index contributed by atoms with van der Waals surface area (Å²) in [6.07, 6.45) is 2.82. The maximum atomic E-state index is 13.1. The Morgan fingerprint density at radius 2 is 1.81 bits per heavy atom. The Balaban J connectivity index is 1.23. The third kappa shape index (κ3) is 4.26. The number of Topliss-reactive ketones (excluding diaryl/α,β-unsaturated/α-hetero) is 2. The first-order valence-electron chi connectivity index (χ1n) is 11.0. The van der Waals surface area contributed by atoms with Crippen LogP contribution in [-0.2, 0) is 17.8 Å². The van der Waals surface area contributed by atoms with E-state index in [0.29, 0.717) is 36.6 Å². The highest BCUT2D eigenvalue weighted by atomic mass is 16.5. The van der Waals surface area contributed by atoms with Crippen molar-refractivity contribution in [2.45, 2.75) is 25.8 Å². The normalized spacial score (nSPS) is 18.6. The number of ether oxygens (including phenoxy) is 1. The maximum Gasteiger partial charge on any atom is 0.258 e. The lowest BCUT2D eigenvalue weighted by molar-refractivity contribution is -0.121. The van der Waals surface area contributed by atoms with Gasteiger partial charge in [0.1, 0.15) is 12.4 Å². The summed E-state index contributed by atoms with van der Waals surface area (Å²) >= 11 is 0. The number of amides is 1. The predicted molar refractivity (Wildman–Crippen MR) is 115 cm³/mol. The van der Waals surface area contributed by atoms with Crippen molar-refractivity contribution in [1.29, 1.82) is 0 Å². The van der Waals surface area contributed by atoms with Crippen molar-refractivity contribution in [2.75, 3.05) is 32.8 Å². The number of carbonyl (C=O) groups excluding carboxylic acids is 3. The average Bonchev–Trinajstić information content (AvgIpc) is 3.63. The SMILES string of the molecule is O=C(CN1CCc2ccccc2C1)CN1CCOc2cc(C(=O)C3CC3)ccc2C1=O. The molecule has 1 aliphatic carbocycles. The zero-order valence-corrected chi connectivity index (χ0v) is 17.5. The van der Waals surface area contributed by atoms with Crippen LogP contribution in [0.4, 0.5) is 0 Å². The van der Waals surface area contributed by atoms with Crippen LogP contribution in [0.5, 0.6) is 5.75 Å². The molecule has 1 saturated carbocycles. The van der Waals surface area contributed by atoms with Crippen LogP contribution in [0.3, 0.4) is 0 Å². The summed E-state index contributed by atoms with van der Waals surface area (Å²) < 4.78 is 5.77. The molecule has 1 fully saturated rings. The van der Waals surface area contributed by atoms with E-state index in [-0.39, 0.29) is 29.9 Å². The van der Waals surface area contributed by atoms with Gasteiger partial charge in [-0.3, -0.25) is 19.3 Å². The summed E-state index contributed by atoms with van der Waals surface area (Å²) in [6.45, 7) is 2.68. The standard InChI is InChI=1S/C25H26N2O4/c28-21(15-26-10-9-17-3-1-2-4-20(17)14-26)16-27-11-12-31-23-13-19(24(29)18-5-6-18)7-8-22(23)25(27)30/h1-4,7-8,13,18H,5-6,9-12,14-16H2. The zero-order valence-electron chi connectivity index (χ0n) is 17.5. The van der Waals surface area contributed by atoms with Crippen LogP contribution < -0.4 is 4.74 Å². The second-order valence-electron chi connectivity index (χ2n) is 8.69. The second-order valence-corrected chi connectivity index (χ2v) is 8.69. The van der Waals surface area contributed by atoms with Gasteiger partial charge in [0.2, 0.25) is 0 Å². The molecule has 0 N–H and O–H groups in total. The number of rotatable bonds is 6. The molecule has 0 atom stereocenters. The van der Waals surface area contributed by atoms with Gasteiger partial charge < -0.3 is 9.64 Å². The average molecular weight is 418 g/mol. The van der Waals surface area contributed by atoms with Gasteiger partial charge in [0.15, 0.2) is 11.6 Å². The lowest BCUT2D eigenvalue weighted by atomic mass is 10.00. The van der Waals surface area contributed by atoms with E-state index in [1.54, 1.807) is 23.1 Å². The van der Waals surface area contributed by atoms with E-state index in [9.17, 15) is 14.4 Å².